The van der Waals surface area contributed by atoms with Crippen molar-refractivity contribution < 1.29 is 21.6 Å². The number of amides is 1. The molecule has 10 heteroatoms. The summed E-state index contributed by atoms with van der Waals surface area (Å²) < 4.78 is 52.9. The molecule has 0 saturated carbocycles. The van der Waals surface area contributed by atoms with E-state index in [1.807, 2.05) is 26.8 Å². The highest BCUT2D eigenvalue weighted by Crippen LogP contribution is 2.22. The fraction of sp³-hybridized carbons (Fsp3) is 0.409. The second kappa shape index (κ2) is 9.21. The Hall–Kier alpha value is -2.43. The van der Waals surface area contributed by atoms with Gasteiger partial charge in [-0.3, -0.25) is 9.10 Å². The predicted octanol–water partition coefficient (Wildman–Crippen LogP) is 1.91. The van der Waals surface area contributed by atoms with E-state index in [0.717, 1.165) is 27.3 Å². The lowest BCUT2D eigenvalue weighted by Gasteiger charge is -2.35. The van der Waals surface area contributed by atoms with Crippen LogP contribution < -0.4 is 4.31 Å². The maximum atomic E-state index is 12.9. The van der Waals surface area contributed by atoms with Crippen LogP contribution in [-0.2, 0) is 24.8 Å². The summed E-state index contributed by atoms with van der Waals surface area (Å²) in [5.74, 6) is -0.360. The van der Waals surface area contributed by atoms with E-state index in [1.54, 1.807) is 36.4 Å². The van der Waals surface area contributed by atoms with Crippen LogP contribution in [0.5, 0.6) is 0 Å². The van der Waals surface area contributed by atoms with Crippen LogP contribution in [0, 0.1) is 20.8 Å². The Morgan fingerprint density at radius 3 is 2.00 bits per heavy atom. The molecule has 1 aliphatic heterocycles. The quantitative estimate of drug-likeness (QED) is 0.631. The first-order chi connectivity index (χ1) is 14.9. The number of hydrogen-bond acceptors (Lipinski definition) is 5. The first-order valence-electron chi connectivity index (χ1n) is 10.3. The standard InChI is InChI=1S/C22H29N3O5S2/c1-17-5-9-21(10-6-17)32(29,30)24-13-11-23(12-14-24)22(26)16-25(31(4,27)28)20-8-7-18(2)19(3)15-20/h5-10,15H,11-14,16H2,1-4H3. The Morgan fingerprint density at radius 2 is 1.47 bits per heavy atom. The van der Waals surface area contributed by atoms with Gasteiger partial charge in [-0.15, -0.1) is 0 Å². The molecule has 1 amide bonds. The SMILES string of the molecule is Cc1ccc(S(=O)(=O)N2CCN(C(=O)CN(c3ccc(C)c(C)c3)S(C)(=O)=O)CC2)cc1. The van der Waals surface area contributed by atoms with Crippen molar-refractivity contribution >= 4 is 31.6 Å². The van der Waals surface area contributed by atoms with Gasteiger partial charge in [0.1, 0.15) is 6.54 Å². The topological polar surface area (TPSA) is 95.1 Å². The van der Waals surface area contributed by atoms with Gasteiger partial charge in [-0.05, 0) is 56.2 Å². The minimum Gasteiger partial charge on any atom is -0.338 e. The van der Waals surface area contributed by atoms with Crippen molar-refractivity contribution in [3.8, 4) is 0 Å². The first kappa shape index (κ1) is 24.2. The highest BCUT2D eigenvalue weighted by molar-refractivity contribution is 7.92. The summed E-state index contributed by atoms with van der Waals surface area (Å²) in [6.07, 6.45) is 1.07. The number of carbonyl (C=O) groups excluding carboxylic acids is 1. The summed E-state index contributed by atoms with van der Waals surface area (Å²) in [4.78, 5) is 14.6. The van der Waals surface area contributed by atoms with E-state index in [1.165, 1.54) is 9.21 Å². The van der Waals surface area contributed by atoms with Crippen molar-refractivity contribution in [3.63, 3.8) is 0 Å². The average molecular weight is 480 g/mol. The van der Waals surface area contributed by atoms with Crippen LogP contribution in [-0.4, -0.2) is 70.9 Å². The molecular weight excluding hydrogens is 450 g/mol. The van der Waals surface area contributed by atoms with Gasteiger partial charge in [-0.2, -0.15) is 4.31 Å². The molecule has 1 heterocycles. The van der Waals surface area contributed by atoms with Crippen molar-refractivity contribution in [2.24, 2.45) is 0 Å². The molecule has 0 unspecified atom stereocenters. The van der Waals surface area contributed by atoms with E-state index in [-0.39, 0.29) is 43.5 Å². The molecule has 1 fully saturated rings. The van der Waals surface area contributed by atoms with Gasteiger partial charge >= 0.3 is 0 Å². The zero-order chi connectivity index (χ0) is 23.7. The number of carbonyl (C=O) groups is 1. The molecule has 1 aliphatic rings. The number of aryl methyl sites for hydroxylation is 3. The van der Waals surface area contributed by atoms with E-state index in [4.69, 9.17) is 0 Å². The Labute approximate surface area is 190 Å². The minimum absolute atomic E-state index is 0.157. The largest absolute Gasteiger partial charge is 0.338 e. The molecule has 2 aromatic carbocycles. The van der Waals surface area contributed by atoms with Crippen LogP contribution in [0.1, 0.15) is 16.7 Å². The van der Waals surface area contributed by atoms with E-state index < -0.39 is 20.0 Å². The molecule has 0 aromatic heterocycles. The van der Waals surface area contributed by atoms with E-state index >= 15 is 0 Å². The van der Waals surface area contributed by atoms with Crippen LogP contribution in [0.3, 0.4) is 0 Å². The molecule has 0 radical (unpaired) electrons. The molecule has 32 heavy (non-hydrogen) atoms. The second-order valence-corrected chi connectivity index (χ2v) is 12.0. The zero-order valence-electron chi connectivity index (χ0n) is 18.8. The lowest BCUT2D eigenvalue weighted by atomic mass is 10.1. The second-order valence-electron chi connectivity index (χ2n) is 8.14. The number of nitrogens with zero attached hydrogens (tertiary/aromatic N) is 3. The van der Waals surface area contributed by atoms with Gasteiger partial charge in [-0.25, -0.2) is 16.8 Å². The number of hydrogen-bond donors (Lipinski definition) is 0. The monoisotopic (exact) mass is 479 g/mol. The summed E-state index contributed by atoms with van der Waals surface area (Å²) in [5.41, 5.74) is 3.36. The molecular formula is C22H29N3O5S2. The van der Waals surface area contributed by atoms with Crippen LogP contribution in [0.2, 0.25) is 0 Å². The number of sulfonamides is 2. The summed E-state index contributed by atoms with van der Waals surface area (Å²) >= 11 is 0. The van der Waals surface area contributed by atoms with Gasteiger partial charge < -0.3 is 4.90 Å². The van der Waals surface area contributed by atoms with Crippen molar-refractivity contribution in [1.29, 1.82) is 0 Å². The summed E-state index contributed by atoms with van der Waals surface area (Å²) in [6.45, 7) is 6.09. The van der Waals surface area contributed by atoms with Crippen LogP contribution >= 0.6 is 0 Å². The van der Waals surface area contributed by atoms with Crippen LogP contribution in [0.4, 0.5) is 5.69 Å². The molecule has 0 bridgehead atoms. The molecule has 0 atom stereocenters. The van der Waals surface area contributed by atoms with Crippen molar-refractivity contribution in [2.75, 3.05) is 43.3 Å². The van der Waals surface area contributed by atoms with Gasteiger partial charge in [0, 0.05) is 26.2 Å². The first-order valence-corrected chi connectivity index (χ1v) is 13.6. The van der Waals surface area contributed by atoms with Gasteiger partial charge in [0.2, 0.25) is 26.0 Å². The smallest absolute Gasteiger partial charge is 0.243 e. The van der Waals surface area contributed by atoms with Crippen molar-refractivity contribution in [3.05, 3.63) is 59.2 Å². The highest BCUT2D eigenvalue weighted by atomic mass is 32.2. The highest BCUT2D eigenvalue weighted by Gasteiger charge is 2.31. The van der Waals surface area contributed by atoms with E-state index in [2.05, 4.69) is 0 Å². The number of rotatable bonds is 6. The van der Waals surface area contributed by atoms with Crippen LogP contribution in [0.15, 0.2) is 47.4 Å². The number of anilines is 1. The molecule has 174 valence electrons. The molecule has 3 rings (SSSR count). The summed E-state index contributed by atoms with van der Waals surface area (Å²) in [7, 11) is -7.31. The maximum Gasteiger partial charge on any atom is 0.243 e. The molecule has 1 saturated heterocycles. The normalized spacial score (nSPS) is 15.6. The lowest BCUT2D eigenvalue weighted by Crippen LogP contribution is -2.53. The molecule has 0 spiro atoms. The zero-order valence-corrected chi connectivity index (χ0v) is 20.4. The van der Waals surface area contributed by atoms with Crippen LogP contribution in [0.25, 0.3) is 0 Å². The minimum atomic E-state index is -3.68. The van der Waals surface area contributed by atoms with Gasteiger partial charge in [-0.1, -0.05) is 23.8 Å². The summed E-state index contributed by atoms with van der Waals surface area (Å²) in [5, 5.41) is 0. The van der Waals surface area contributed by atoms with E-state index in [9.17, 15) is 21.6 Å². The number of piperazine rings is 1. The maximum absolute atomic E-state index is 12.9. The Morgan fingerprint density at radius 1 is 0.875 bits per heavy atom. The van der Waals surface area contributed by atoms with Crippen molar-refractivity contribution in [1.82, 2.24) is 9.21 Å². The molecule has 2 aromatic rings. The third kappa shape index (κ3) is 5.31. The predicted molar refractivity (Wildman–Crippen MR) is 125 cm³/mol. The third-order valence-corrected chi connectivity index (χ3v) is 8.76. The Balaban J connectivity index is 1.70. The van der Waals surface area contributed by atoms with Gasteiger partial charge in [0.25, 0.3) is 0 Å². The van der Waals surface area contributed by atoms with Gasteiger partial charge in [0.15, 0.2) is 0 Å². The Kier molecular flexibility index (Phi) is 6.97. The summed E-state index contributed by atoms with van der Waals surface area (Å²) in [6, 6.07) is 11.9. The van der Waals surface area contributed by atoms with Gasteiger partial charge in [0.05, 0.1) is 16.8 Å². The average Bonchev–Trinajstić information content (AvgIpc) is 2.73. The lowest BCUT2D eigenvalue weighted by molar-refractivity contribution is -0.130. The fourth-order valence-corrected chi connectivity index (χ4v) is 5.80. The Bertz CT molecular complexity index is 1200. The fourth-order valence-electron chi connectivity index (χ4n) is 3.54. The third-order valence-electron chi connectivity index (χ3n) is 5.71. The molecule has 8 nitrogen and oxygen atoms in total. The van der Waals surface area contributed by atoms with E-state index in [0.29, 0.717) is 5.69 Å². The molecule has 0 N–H and O–H groups in total. The number of benzene rings is 2. The van der Waals surface area contributed by atoms with Crippen molar-refractivity contribution in [2.45, 2.75) is 25.7 Å². The molecule has 0 aliphatic carbocycles.